The summed E-state index contributed by atoms with van der Waals surface area (Å²) in [6.45, 7) is 0. The summed E-state index contributed by atoms with van der Waals surface area (Å²) in [4.78, 5) is 24.1. The maximum absolute atomic E-state index is 12.8. The highest BCUT2D eigenvalue weighted by molar-refractivity contribution is 5.84. The molecule has 1 fully saturated rings. The monoisotopic (exact) mass is 330 g/mol. The number of ether oxygens (including phenoxy) is 1. The number of hydrogen-bond donors (Lipinski definition) is 1. The van der Waals surface area contributed by atoms with Gasteiger partial charge >= 0.3 is 5.97 Å². The largest absolute Gasteiger partial charge is 0.467 e. The van der Waals surface area contributed by atoms with E-state index in [1.807, 2.05) is 30.3 Å². The molecule has 24 heavy (non-hydrogen) atoms. The van der Waals surface area contributed by atoms with E-state index in [1.54, 1.807) is 0 Å². The van der Waals surface area contributed by atoms with Crippen molar-refractivity contribution in [2.24, 2.45) is 11.8 Å². The predicted octanol–water partition coefficient (Wildman–Crippen LogP) is 2.97. The van der Waals surface area contributed by atoms with E-state index in [0.717, 1.165) is 32.1 Å². The zero-order chi connectivity index (χ0) is 17.2. The Morgan fingerprint density at radius 2 is 1.92 bits per heavy atom. The van der Waals surface area contributed by atoms with Gasteiger partial charge in [0, 0.05) is 0 Å². The van der Waals surface area contributed by atoms with Gasteiger partial charge in [0.2, 0.25) is 0 Å². The van der Waals surface area contributed by atoms with Crippen LogP contribution in [0.2, 0.25) is 0 Å². The Balaban J connectivity index is 2.12. The first-order valence-corrected chi connectivity index (χ1v) is 8.37. The number of benzene rings is 1. The first-order valence-electron chi connectivity index (χ1n) is 8.37. The number of esters is 1. The lowest BCUT2D eigenvalue weighted by Gasteiger charge is -2.38. The molecule has 6 heteroatoms. The molecule has 1 heterocycles. The zero-order valence-corrected chi connectivity index (χ0v) is 13.7. The lowest BCUT2D eigenvalue weighted by atomic mass is 9.67. The SMILES string of the molecule is COC(=O)[C@@]1(c2ccccc2)NC=C([N+](=O)[O-])[C@@H]1C1CCCCC1. The third-order valence-corrected chi connectivity index (χ3v) is 5.30. The van der Waals surface area contributed by atoms with E-state index >= 15 is 0 Å². The quantitative estimate of drug-likeness (QED) is 0.521. The van der Waals surface area contributed by atoms with Crippen molar-refractivity contribution < 1.29 is 14.5 Å². The molecular formula is C18H22N2O4. The first-order chi connectivity index (χ1) is 11.6. The number of rotatable bonds is 4. The van der Waals surface area contributed by atoms with Crippen LogP contribution >= 0.6 is 0 Å². The summed E-state index contributed by atoms with van der Waals surface area (Å²) in [7, 11) is 1.33. The van der Waals surface area contributed by atoms with Crippen molar-refractivity contribution in [2.45, 2.75) is 37.6 Å². The van der Waals surface area contributed by atoms with Crippen molar-refractivity contribution in [3.63, 3.8) is 0 Å². The highest BCUT2D eigenvalue weighted by atomic mass is 16.6. The van der Waals surface area contributed by atoms with Gasteiger partial charge < -0.3 is 10.1 Å². The predicted molar refractivity (Wildman–Crippen MR) is 88.4 cm³/mol. The van der Waals surface area contributed by atoms with Gasteiger partial charge in [-0.3, -0.25) is 10.1 Å². The molecule has 0 bridgehead atoms. The molecule has 2 atom stereocenters. The summed E-state index contributed by atoms with van der Waals surface area (Å²) in [5.41, 5.74) is -0.433. The number of methoxy groups -OCH3 is 1. The van der Waals surface area contributed by atoms with Crippen LogP contribution in [0.5, 0.6) is 0 Å². The van der Waals surface area contributed by atoms with Crippen molar-refractivity contribution in [1.29, 1.82) is 0 Å². The average Bonchev–Trinajstić information content (AvgIpc) is 3.04. The van der Waals surface area contributed by atoms with Crippen LogP contribution < -0.4 is 5.32 Å². The van der Waals surface area contributed by atoms with Crippen LogP contribution in [0.3, 0.4) is 0 Å². The van der Waals surface area contributed by atoms with Crippen molar-refractivity contribution >= 4 is 5.97 Å². The van der Waals surface area contributed by atoms with E-state index in [1.165, 1.54) is 13.3 Å². The Morgan fingerprint density at radius 1 is 1.25 bits per heavy atom. The van der Waals surface area contributed by atoms with E-state index in [-0.39, 0.29) is 16.5 Å². The summed E-state index contributed by atoms with van der Waals surface area (Å²) in [5, 5.41) is 14.7. The second kappa shape index (κ2) is 6.63. The molecule has 1 aromatic rings. The van der Waals surface area contributed by atoms with E-state index in [4.69, 9.17) is 4.74 Å². The fourth-order valence-electron chi connectivity index (χ4n) is 4.25. The minimum absolute atomic E-state index is 0.0798. The molecule has 0 unspecified atom stereocenters. The second-order valence-electron chi connectivity index (χ2n) is 6.51. The number of hydrogen-bond acceptors (Lipinski definition) is 5. The van der Waals surface area contributed by atoms with E-state index in [9.17, 15) is 14.9 Å². The second-order valence-corrected chi connectivity index (χ2v) is 6.51. The van der Waals surface area contributed by atoms with Gasteiger partial charge in [-0.1, -0.05) is 49.6 Å². The molecule has 1 saturated carbocycles. The van der Waals surface area contributed by atoms with Gasteiger partial charge in [0.25, 0.3) is 5.70 Å². The van der Waals surface area contributed by atoms with Crippen molar-refractivity contribution in [3.05, 3.63) is 57.9 Å². The van der Waals surface area contributed by atoms with Crippen molar-refractivity contribution in [3.8, 4) is 0 Å². The lowest BCUT2D eigenvalue weighted by molar-refractivity contribution is -0.435. The number of nitrogens with zero attached hydrogens (tertiary/aromatic N) is 1. The fraction of sp³-hybridized carbons (Fsp3) is 0.500. The van der Waals surface area contributed by atoms with Gasteiger partial charge in [0.05, 0.1) is 24.2 Å². The molecular weight excluding hydrogens is 308 g/mol. The minimum atomic E-state index is -1.22. The molecule has 128 valence electrons. The molecule has 1 aromatic carbocycles. The van der Waals surface area contributed by atoms with Crippen LogP contribution in [0.15, 0.2) is 42.2 Å². The van der Waals surface area contributed by atoms with Gasteiger partial charge in [-0.05, 0) is 24.3 Å². The molecule has 0 aromatic heterocycles. The van der Waals surface area contributed by atoms with Crippen LogP contribution in [0.25, 0.3) is 0 Å². The molecule has 1 N–H and O–H groups in total. The third-order valence-electron chi connectivity index (χ3n) is 5.30. The van der Waals surface area contributed by atoms with Crippen LogP contribution in [0.4, 0.5) is 0 Å². The Morgan fingerprint density at radius 3 is 2.50 bits per heavy atom. The lowest BCUT2D eigenvalue weighted by Crippen LogP contribution is -2.53. The van der Waals surface area contributed by atoms with Crippen LogP contribution in [-0.2, 0) is 15.1 Å². The van der Waals surface area contributed by atoms with Gasteiger partial charge in [-0.2, -0.15) is 0 Å². The fourth-order valence-corrected chi connectivity index (χ4v) is 4.25. The van der Waals surface area contributed by atoms with E-state index in [0.29, 0.717) is 5.56 Å². The Kier molecular flexibility index (Phi) is 4.55. The molecule has 2 aliphatic rings. The Hall–Kier alpha value is -2.37. The molecule has 6 nitrogen and oxygen atoms in total. The maximum atomic E-state index is 12.8. The standard InChI is InChI=1S/C18H22N2O4/c1-24-17(21)18(14-10-6-3-7-11-14)16(13-8-4-2-5-9-13)15(12-19-18)20(22)23/h3,6-7,10-13,16,19H,2,4-5,8-9H2,1H3/t16-,18-/m0/s1. The summed E-state index contributed by atoms with van der Waals surface area (Å²) < 4.78 is 5.08. The molecule has 0 spiro atoms. The van der Waals surface area contributed by atoms with Gasteiger partial charge in [0.15, 0.2) is 5.54 Å². The van der Waals surface area contributed by atoms with E-state index < -0.39 is 17.4 Å². The van der Waals surface area contributed by atoms with Crippen LogP contribution in [-0.4, -0.2) is 18.0 Å². The number of nitro groups is 1. The molecule has 0 amide bonds. The van der Waals surface area contributed by atoms with Crippen molar-refractivity contribution in [2.75, 3.05) is 7.11 Å². The number of carbonyl (C=O) groups is 1. The van der Waals surface area contributed by atoms with E-state index in [2.05, 4.69) is 5.32 Å². The molecule has 0 radical (unpaired) electrons. The molecule has 1 aliphatic heterocycles. The average molecular weight is 330 g/mol. The summed E-state index contributed by atoms with van der Waals surface area (Å²) in [6.07, 6.45) is 6.40. The molecule has 3 rings (SSSR count). The number of nitrogens with one attached hydrogen (secondary N) is 1. The Bertz CT molecular complexity index is 652. The van der Waals surface area contributed by atoms with Crippen LogP contribution in [0.1, 0.15) is 37.7 Å². The third kappa shape index (κ3) is 2.56. The highest BCUT2D eigenvalue weighted by Gasteiger charge is 2.59. The van der Waals surface area contributed by atoms with Gasteiger partial charge in [0.1, 0.15) is 0 Å². The van der Waals surface area contributed by atoms with Crippen LogP contribution in [0, 0.1) is 22.0 Å². The van der Waals surface area contributed by atoms with Gasteiger partial charge in [-0.15, -0.1) is 0 Å². The maximum Gasteiger partial charge on any atom is 0.337 e. The van der Waals surface area contributed by atoms with Gasteiger partial charge in [-0.25, -0.2) is 4.79 Å². The van der Waals surface area contributed by atoms with Crippen molar-refractivity contribution in [1.82, 2.24) is 5.32 Å². The Labute approximate surface area is 141 Å². The number of carbonyl (C=O) groups excluding carboxylic acids is 1. The molecule has 1 aliphatic carbocycles. The normalized spacial score (nSPS) is 27.2. The minimum Gasteiger partial charge on any atom is -0.467 e. The zero-order valence-electron chi connectivity index (χ0n) is 13.7. The highest BCUT2D eigenvalue weighted by Crippen LogP contribution is 2.48. The topological polar surface area (TPSA) is 81.5 Å². The summed E-state index contributed by atoms with van der Waals surface area (Å²) >= 11 is 0. The summed E-state index contributed by atoms with van der Waals surface area (Å²) in [5.74, 6) is -0.912. The smallest absolute Gasteiger partial charge is 0.337 e. The molecule has 0 saturated heterocycles. The summed E-state index contributed by atoms with van der Waals surface area (Å²) in [6, 6.07) is 9.20. The first kappa shape index (κ1) is 16.5.